The van der Waals surface area contributed by atoms with E-state index in [9.17, 15) is 9.59 Å². The minimum Gasteiger partial charge on any atom is -0.356 e. The highest BCUT2D eigenvalue weighted by molar-refractivity contribution is 8.01. The Morgan fingerprint density at radius 3 is 2.81 bits per heavy atom. The average Bonchev–Trinajstić information content (AvgIpc) is 3.08. The van der Waals surface area contributed by atoms with E-state index < -0.39 is 0 Å². The zero-order chi connectivity index (χ0) is 19.1. The summed E-state index contributed by atoms with van der Waals surface area (Å²) in [6.45, 7) is 4.10. The summed E-state index contributed by atoms with van der Waals surface area (Å²) in [5, 5.41) is 3.04. The first kappa shape index (κ1) is 20.1. The Bertz CT molecular complexity index is 736. The van der Waals surface area contributed by atoms with Gasteiger partial charge in [0, 0.05) is 38.7 Å². The van der Waals surface area contributed by atoms with Gasteiger partial charge in [0.2, 0.25) is 11.8 Å². The minimum absolute atomic E-state index is 0.140. The van der Waals surface area contributed by atoms with Gasteiger partial charge in [-0.1, -0.05) is 23.9 Å². The summed E-state index contributed by atoms with van der Waals surface area (Å²) in [7, 11) is 0. The van der Waals surface area contributed by atoms with Gasteiger partial charge in [-0.25, -0.2) is 4.98 Å². The number of carbonyl (C=O) groups excluding carboxylic acids is 2. The van der Waals surface area contributed by atoms with E-state index in [-0.39, 0.29) is 11.8 Å². The third-order valence-electron chi connectivity index (χ3n) is 4.98. The molecule has 0 atom stereocenters. The smallest absolute Gasteiger partial charge is 0.220 e. The topological polar surface area (TPSA) is 62.3 Å². The number of nitrogens with zero attached hydrogens (tertiary/aromatic N) is 2. The third kappa shape index (κ3) is 6.21. The molecule has 27 heavy (non-hydrogen) atoms. The largest absolute Gasteiger partial charge is 0.356 e. The highest BCUT2D eigenvalue weighted by atomic mass is 32.2. The number of thiazole rings is 1. The number of hydrogen-bond donors (Lipinski definition) is 1. The maximum absolute atomic E-state index is 12.0. The van der Waals surface area contributed by atoms with Crippen LogP contribution < -0.4 is 5.32 Å². The van der Waals surface area contributed by atoms with E-state index in [1.807, 2.05) is 23.1 Å². The molecule has 2 amide bonds. The zero-order valence-electron chi connectivity index (χ0n) is 15.8. The molecule has 1 aliphatic heterocycles. The number of amides is 2. The predicted molar refractivity (Wildman–Crippen MR) is 112 cm³/mol. The van der Waals surface area contributed by atoms with Gasteiger partial charge < -0.3 is 10.2 Å². The maximum atomic E-state index is 12.0. The molecule has 146 valence electrons. The van der Waals surface area contributed by atoms with Crippen LogP contribution in [0.3, 0.4) is 0 Å². The van der Waals surface area contributed by atoms with E-state index in [1.54, 1.807) is 30.0 Å². The summed E-state index contributed by atoms with van der Waals surface area (Å²) in [5.41, 5.74) is 1.05. The Balaban J connectivity index is 1.25. The van der Waals surface area contributed by atoms with E-state index in [0.29, 0.717) is 12.3 Å². The van der Waals surface area contributed by atoms with Crippen LogP contribution in [0, 0.1) is 5.92 Å². The van der Waals surface area contributed by atoms with Crippen molar-refractivity contribution < 1.29 is 9.59 Å². The highest BCUT2D eigenvalue weighted by Gasteiger charge is 2.20. The first-order chi connectivity index (χ1) is 13.1. The third-order valence-corrected chi connectivity index (χ3v) is 7.25. The van der Waals surface area contributed by atoms with Gasteiger partial charge in [-0.2, -0.15) is 0 Å². The molecule has 1 fully saturated rings. The van der Waals surface area contributed by atoms with E-state index in [1.165, 1.54) is 4.70 Å². The van der Waals surface area contributed by atoms with Gasteiger partial charge in [-0.15, -0.1) is 11.3 Å². The molecular formula is C20H27N3O2S2. The molecule has 3 rings (SSSR count). The number of thioether (sulfide) groups is 1. The summed E-state index contributed by atoms with van der Waals surface area (Å²) >= 11 is 3.45. The Morgan fingerprint density at radius 1 is 1.30 bits per heavy atom. The van der Waals surface area contributed by atoms with Gasteiger partial charge in [0.05, 0.1) is 10.2 Å². The fraction of sp³-hybridized carbons (Fsp3) is 0.550. The van der Waals surface area contributed by atoms with Crippen LogP contribution in [-0.4, -0.2) is 47.1 Å². The van der Waals surface area contributed by atoms with Crippen molar-refractivity contribution in [1.82, 2.24) is 15.2 Å². The lowest BCUT2D eigenvalue weighted by molar-refractivity contribution is -0.130. The summed E-state index contributed by atoms with van der Waals surface area (Å²) in [4.78, 5) is 29.8. The Hall–Kier alpha value is -1.60. The van der Waals surface area contributed by atoms with E-state index in [2.05, 4.69) is 16.4 Å². The molecule has 1 aromatic carbocycles. The standard InChI is InChI=1S/C20H27N3O2S2/c1-15(24)23-12-9-16(10-13-23)8-11-21-19(25)7-4-14-26-20-22-17-5-2-3-6-18(17)27-20/h2-3,5-6,16H,4,7-14H2,1H3,(H,21,25). The van der Waals surface area contributed by atoms with E-state index in [4.69, 9.17) is 0 Å². The summed E-state index contributed by atoms with van der Waals surface area (Å²) < 4.78 is 2.29. The van der Waals surface area contributed by atoms with Gasteiger partial charge in [0.1, 0.15) is 0 Å². The summed E-state index contributed by atoms with van der Waals surface area (Å²) in [6, 6.07) is 8.17. The molecule has 2 heterocycles. The monoisotopic (exact) mass is 405 g/mol. The summed E-state index contributed by atoms with van der Waals surface area (Å²) in [6.07, 6.45) is 4.55. The molecule has 0 bridgehead atoms. The van der Waals surface area contributed by atoms with Crippen molar-refractivity contribution >= 4 is 45.1 Å². The van der Waals surface area contributed by atoms with Crippen molar-refractivity contribution in [3.8, 4) is 0 Å². The molecule has 7 heteroatoms. The molecule has 1 saturated heterocycles. The molecule has 0 unspecified atom stereocenters. The van der Waals surface area contributed by atoms with Crippen molar-refractivity contribution in [1.29, 1.82) is 0 Å². The number of rotatable bonds is 8. The van der Waals surface area contributed by atoms with Crippen LogP contribution in [0.25, 0.3) is 10.2 Å². The van der Waals surface area contributed by atoms with E-state index in [0.717, 1.165) is 60.9 Å². The normalized spacial score (nSPS) is 15.2. The maximum Gasteiger partial charge on any atom is 0.220 e. The molecule has 5 nitrogen and oxygen atoms in total. The lowest BCUT2D eigenvalue weighted by Gasteiger charge is -2.31. The number of para-hydroxylation sites is 1. The fourth-order valence-electron chi connectivity index (χ4n) is 3.35. The van der Waals surface area contributed by atoms with Crippen LogP contribution in [-0.2, 0) is 9.59 Å². The molecule has 0 spiro atoms. The van der Waals surface area contributed by atoms with Crippen LogP contribution in [0.2, 0.25) is 0 Å². The first-order valence-electron chi connectivity index (χ1n) is 9.62. The summed E-state index contributed by atoms with van der Waals surface area (Å²) in [5.74, 6) is 1.85. The fourth-order valence-corrected chi connectivity index (χ4v) is 5.42. The quantitative estimate of drug-likeness (QED) is 0.534. The average molecular weight is 406 g/mol. The van der Waals surface area contributed by atoms with Gasteiger partial charge >= 0.3 is 0 Å². The van der Waals surface area contributed by atoms with Crippen LogP contribution >= 0.6 is 23.1 Å². The zero-order valence-corrected chi connectivity index (χ0v) is 17.4. The number of likely N-dealkylation sites (tertiary alicyclic amines) is 1. The molecule has 0 radical (unpaired) electrons. The van der Waals surface area contributed by atoms with Gasteiger partial charge in [-0.05, 0) is 43.7 Å². The van der Waals surface area contributed by atoms with Crippen LogP contribution in [0.1, 0.15) is 39.0 Å². The van der Waals surface area contributed by atoms with Crippen molar-refractivity contribution in [2.75, 3.05) is 25.4 Å². The second kappa shape index (κ2) is 10.1. The Labute approximate surface area is 168 Å². The number of carbonyl (C=O) groups is 2. The van der Waals surface area contributed by atoms with Gasteiger partial charge in [-0.3, -0.25) is 9.59 Å². The number of aromatic nitrogens is 1. The number of hydrogen-bond acceptors (Lipinski definition) is 5. The second-order valence-corrected chi connectivity index (χ2v) is 9.36. The van der Waals surface area contributed by atoms with Crippen molar-refractivity contribution in [3.63, 3.8) is 0 Å². The minimum atomic E-state index is 0.140. The highest BCUT2D eigenvalue weighted by Crippen LogP contribution is 2.29. The van der Waals surface area contributed by atoms with Gasteiger partial charge in [0.25, 0.3) is 0 Å². The number of nitrogens with one attached hydrogen (secondary N) is 1. The molecule has 1 N–H and O–H groups in total. The van der Waals surface area contributed by atoms with Crippen molar-refractivity contribution in [2.24, 2.45) is 5.92 Å². The molecule has 1 aliphatic rings. The lowest BCUT2D eigenvalue weighted by atomic mass is 9.93. The van der Waals surface area contributed by atoms with Crippen LogP contribution in [0.4, 0.5) is 0 Å². The van der Waals surface area contributed by atoms with Crippen molar-refractivity contribution in [3.05, 3.63) is 24.3 Å². The molecular weight excluding hydrogens is 378 g/mol. The van der Waals surface area contributed by atoms with Crippen LogP contribution in [0.5, 0.6) is 0 Å². The predicted octanol–water partition coefficient (Wildman–Crippen LogP) is 3.93. The molecule has 0 aliphatic carbocycles. The van der Waals surface area contributed by atoms with E-state index >= 15 is 0 Å². The molecule has 0 saturated carbocycles. The second-order valence-electron chi connectivity index (χ2n) is 6.99. The first-order valence-corrected chi connectivity index (χ1v) is 11.4. The SMILES string of the molecule is CC(=O)N1CCC(CCNC(=O)CCCSc2nc3ccccc3s2)CC1. The Kier molecular flexibility index (Phi) is 7.52. The molecule has 2 aromatic rings. The lowest BCUT2D eigenvalue weighted by Crippen LogP contribution is -2.37. The number of benzene rings is 1. The number of fused-ring (bicyclic) bond motifs is 1. The molecule has 1 aromatic heterocycles. The Morgan fingerprint density at radius 2 is 2.07 bits per heavy atom. The number of piperidine rings is 1. The van der Waals surface area contributed by atoms with Gasteiger partial charge in [0.15, 0.2) is 4.34 Å². The van der Waals surface area contributed by atoms with Crippen molar-refractivity contribution in [2.45, 2.75) is 43.4 Å². The van der Waals surface area contributed by atoms with Crippen LogP contribution in [0.15, 0.2) is 28.6 Å².